The van der Waals surface area contributed by atoms with E-state index < -0.39 is 16.1 Å². The highest BCUT2D eigenvalue weighted by molar-refractivity contribution is 7.87. The van der Waals surface area contributed by atoms with E-state index in [0.717, 1.165) is 5.56 Å². The molecule has 3 aromatic rings. The lowest BCUT2D eigenvalue weighted by atomic mass is 10.2. The average molecular weight is 359 g/mol. The maximum absolute atomic E-state index is 12.5. The van der Waals surface area contributed by atoms with Gasteiger partial charge in [0, 0.05) is 5.39 Å². The molecule has 6 nitrogen and oxygen atoms in total. The lowest BCUT2D eigenvalue weighted by Crippen LogP contribution is -2.10. The number of fused-ring (bicyclic) bond motifs is 1. The molecule has 0 saturated heterocycles. The fourth-order valence-electron chi connectivity index (χ4n) is 2.39. The molecule has 25 heavy (non-hydrogen) atoms. The fraction of sp³-hybridized carbons (Fsp3) is 0.167. The second kappa shape index (κ2) is 6.60. The van der Waals surface area contributed by atoms with Gasteiger partial charge >= 0.3 is 16.1 Å². The molecule has 1 aromatic heterocycles. The predicted molar refractivity (Wildman–Crippen MR) is 93.2 cm³/mol. The number of aryl methyl sites for hydroxylation is 1. The van der Waals surface area contributed by atoms with Crippen LogP contribution >= 0.6 is 0 Å². The molecule has 2 aromatic carbocycles. The molecule has 0 aliphatic carbocycles. The number of hydrogen-bond donors (Lipinski definition) is 1. The van der Waals surface area contributed by atoms with Crippen LogP contribution in [-0.2, 0) is 14.9 Å². The Kier molecular flexibility index (Phi) is 4.50. The number of hydrogen-bond acceptors (Lipinski definition) is 5. The molecule has 7 heteroatoms. The molecule has 0 fully saturated rings. The van der Waals surface area contributed by atoms with Crippen molar-refractivity contribution in [1.82, 2.24) is 4.98 Å². The van der Waals surface area contributed by atoms with E-state index in [4.69, 9.17) is 8.92 Å². The van der Waals surface area contributed by atoms with Crippen molar-refractivity contribution in [2.24, 2.45) is 0 Å². The van der Waals surface area contributed by atoms with Crippen LogP contribution in [0.3, 0.4) is 0 Å². The molecule has 1 heterocycles. The van der Waals surface area contributed by atoms with Gasteiger partial charge in [-0.25, -0.2) is 4.79 Å². The summed E-state index contributed by atoms with van der Waals surface area (Å²) in [5.74, 6) is -0.389. The van der Waals surface area contributed by atoms with Crippen LogP contribution in [0, 0.1) is 6.92 Å². The number of aromatic amines is 1. The van der Waals surface area contributed by atoms with Crippen molar-refractivity contribution in [1.29, 1.82) is 0 Å². The van der Waals surface area contributed by atoms with Crippen LogP contribution in [0.25, 0.3) is 10.9 Å². The Morgan fingerprint density at radius 3 is 2.52 bits per heavy atom. The highest BCUT2D eigenvalue weighted by atomic mass is 32.2. The van der Waals surface area contributed by atoms with Gasteiger partial charge in [0.2, 0.25) is 0 Å². The van der Waals surface area contributed by atoms with Crippen LogP contribution in [0.1, 0.15) is 23.0 Å². The van der Waals surface area contributed by atoms with Crippen molar-refractivity contribution in [3.8, 4) is 5.75 Å². The summed E-state index contributed by atoms with van der Waals surface area (Å²) in [6.07, 6.45) is 0. The first-order valence-corrected chi connectivity index (χ1v) is 9.11. The summed E-state index contributed by atoms with van der Waals surface area (Å²) in [5, 5.41) is 0.652. The molecule has 0 saturated carbocycles. The minimum Gasteiger partial charge on any atom is -0.461 e. The normalized spacial score (nSPS) is 11.4. The average Bonchev–Trinajstić information content (AvgIpc) is 3.01. The van der Waals surface area contributed by atoms with E-state index in [-0.39, 0.29) is 22.9 Å². The first-order chi connectivity index (χ1) is 11.9. The molecule has 1 N–H and O–H groups in total. The Morgan fingerprint density at radius 2 is 1.84 bits per heavy atom. The molecule has 3 rings (SSSR count). The van der Waals surface area contributed by atoms with Crippen molar-refractivity contribution in [3.05, 3.63) is 59.8 Å². The number of nitrogens with one attached hydrogen (secondary N) is 1. The highest BCUT2D eigenvalue weighted by Gasteiger charge is 2.19. The molecule has 0 bridgehead atoms. The molecule has 130 valence electrons. The van der Waals surface area contributed by atoms with Crippen molar-refractivity contribution in [2.75, 3.05) is 6.61 Å². The van der Waals surface area contributed by atoms with E-state index >= 15 is 0 Å². The largest absolute Gasteiger partial charge is 0.461 e. The topological polar surface area (TPSA) is 85.5 Å². The molecular weight excluding hydrogens is 342 g/mol. The SMILES string of the molecule is CCOC(=O)c1cc2cccc(OS(=O)(=O)c3ccc(C)cc3)c2[nH]1. The number of carbonyl (C=O) groups is 1. The first-order valence-electron chi connectivity index (χ1n) is 7.71. The van der Waals surface area contributed by atoms with E-state index in [2.05, 4.69) is 4.98 Å². The van der Waals surface area contributed by atoms with Gasteiger partial charge in [-0.05, 0) is 38.1 Å². The summed E-state index contributed by atoms with van der Waals surface area (Å²) >= 11 is 0. The quantitative estimate of drug-likeness (QED) is 0.557. The van der Waals surface area contributed by atoms with Gasteiger partial charge in [0.25, 0.3) is 0 Å². The van der Waals surface area contributed by atoms with E-state index in [0.29, 0.717) is 10.9 Å². The van der Waals surface area contributed by atoms with Gasteiger partial charge in [-0.2, -0.15) is 8.42 Å². The molecular formula is C18H17NO5S. The Labute approximate surface area is 145 Å². The molecule has 0 unspecified atom stereocenters. The monoisotopic (exact) mass is 359 g/mol. The molecule has 0 atom stereocenters. The Morgan fingerprint density at radius 1 is 1.12 bits per heavy atom. The van der Waals surface area contributed by atoms with Gasteiger partial charge in [-0.15, -0.1) is 0 Å². The summed E-state index contributed by atoms with van der Waals surface area (Å²) in [6.45, 7) is 3.83. The number of benzene rings is 2. The fourth-order valence-corrected chi connectivity index (χ4v) is 3.33. The van der Waals surface area contributed by atoms with Crippen LogP contribution < -0.4 is 4.18 Å². The summed E-state index contributed by atoms with van der Waals surface area (Å²) < 4.78 is 35.2. The lowest BCUT2D eigenvalue weighted by Gasteiger charge is -2.08. The standard InChI is InChI=1S/C18H17NO5S/c1-3-23-18(20)15-11-13-5-4-6-16(17(13)19-15)24-25(21,22)14-9-7-12(2)8-10-14/h4-11,19H,3H2,1-2H3. The predicted octanol–water partition coefficient (Wildman–Crippen LogP) is 3.42. The number of H-pyrrole nitrogens is 1. The number of rotatable bonds is 5. The Bertz CT molecular complexity index is 1020. The Balaban J connectivity index is 1.98. The minimum absolute atomic E-state index is 0.0623. The third kappa shape index (κ3) is 3.51. The van der Waals surface area contributed by atoms with Gasteiger partial charge in [0.15, 0.2) is 5.75 Å². The second-order valence-electron chi connectivity index (χ2n) is 5.47. The van der Waals surface area contributed by atoms with E-state index in [9.17, 15) is 13.2 Å². The summed E-state index contributed by atoms with van der Waals surface area (Å²) in [5.41, 5.74) is 1.60. The van der Waals surface area contributed by atoms with E-state index in [1.165, 1.54) is 18.2 Å². The van der Waals surface area contributed by atoms with Gasteiger partial charge in [0.1, 0.15) is 10.6 Å². The van der Waals surface area contributed by atoms with Crippen LogP contribution in [0.15, 0.2) is 53.4 Å². The zero-order chi connectivity index (χ0) is 18.0. The van der Waals surface area contributed by atoms with Crippen LogP contribution in [0.4, 0.5) is 0 Å². The number of esters is 1. The van der Waals surface area contributed by atoms with Gasteiger partial charge in [0.05, 0.1) is 12.1 Å². The first kappa shape index (κ1) is 17.0. The zero-order valence-corrected chi connectivity index (χ0v) is 14.6. The van der Waals surface area contributed by atoms with Crippen LogP contribution in [-0.4, -0.2) is 26.0 Å². The highest BCUT2D eigenvalue weighted by Crippen LogP contribution is 2.28. The summed E-state index contributed by atoms with van der Waals surface area (Å²) in [7, 11) is -3.98. The summed E-state index contributed by atoms with van der Waals surface area (Å²) in [6, 6.07) is 12.9. The third-order valence-corrected chi connectivity index (χ3v) is 4.87. The number of ether oxygens (including phenoxy) is 1. The maximum atomic E-state index is 12.5. The summed E-state index contributed by atoms with van der Waals surface area (Å²) in [4.78, 5) is 14.8. The molecule has 0 radical (unpaired) electrons. The molecule has 0 spiro atoms. The van der Waals surface area contributed by atoms with Gasteiger partial charge in [-0.1, -0.05) is 29.8 Å². The number of carbonyl (C=O) groups excluding carboxylic acids is 1. The maximum Gasteiger partial charge on any atom is 0.354 e. The van der Waals surface area contributed by atoms with Crippen molar-refractivity contribution in [2.45, 2.75) is 18.7 Å². The van der Waals surface area contributed by atoms with Crippen molar-refractivity contribution >= 4 is 27.0 Å². The number of para-hydroxylation sites is 1. The van der Waals surface area contributed by atoms with Crippen molar-refractivity contribution in [3.63, 3.8) is 0 Å². The zero-order valence-electron chi connectivity index (χ0n) is 13.8. The molecule has 0 amide bonds. The number of aromatic nitrogens is 1. The van der Waals surface area contributed by atoms with Crippen molar-refractivity contribution < 1.29 is 22.1 Å². The van der Waals surface area contributed by atoms with E-state index in [1.807, 2.05) is 6.92 Å². The van der Waals surface area contributed by atoms with Gasteiger partial charge < -0.3 is 13.9 Å². The second-order valence-corrected chi connectivity index (χ2v) is 7.02. The van der Waals surface area contributed by atoms with Gasteiger partial charge in [-0.3, -0.25) is 0 Å². The van der Waals surface area contributed by atoms with Crippen LogP contribution in [0.2, 0.25) is 0 Å². The minimum atomic E-state index is -3.98. The van der Waals surface area contributed by atoms with E-state index in [1.54, 1.807) is 37.3 Å². The lowest BCUT2D eigenvalue weighted by molar-refractivity contribution is 0.0520. The molecule has 0 aliphatic heterocycles. The third-order valence-electron chi connectivity index (χ3n) is 3.62. The Hall–Kier alpha value is -2.80. The molecule has 0 aliphatic rings. The smallest absolute Gasteiger partial charge is 0.354 e. The van der Waals surface area contributed by atoms with Crippen LogP contribution in [0.5, 0.6) is 5.75 Å².